The number of benzene rings is 2. The highest BCUT2D eigenvalue weighted by molar-refractivity contribution is 8.13. The summed E-state index contributed by atoms with van der Waals surface area (Å²) < 4.78 is 40.0. The number of aryl methyl sites for hydroxylation is 1. The van der Waals surface area contributed by atoms with Crippen LogP contribution in [0.5, 0.6) is 0 Å². The first-order valence-electron chi connectivity index (χ1n) is 12.7. The molecule has 4 N–H and O–H groups in total. The molecule has 40 heavy (non-hydrogen) atoms. The predicted molar refractivity (Wildman–Crippen MR) is 146 cm³/mol. The maximum Gasteiger partial charge on any atom is 0.493 e. The lowest BCUT2D eigenvalue weighted by atomic mass is 9.90. The van der Waals surface area contributed by atoms with Crippen molar-refractivity contribution in [3.63, 3.8) is 0 Å². The van der Waals surface area contributed by atoms with Crippen LogP contribution in [0, 0.1) is 0 Å². The van der Waals surface area contributed by atoms with Crippen LogP contribution in [0.2, 0.25) is 0 Å². The summed E-state index contributed by atoms with van der Waals surface area (Å²) in [4.78, 5) is 48.9. The lowest BCUT2D eigenvalue weighted by molar-refractivity contribution is -0.253. The zero-order valence-electron chi connectivity index (χ0n) is 21.9. The van der Waals surface area contributed by atoms with Crippen LogP contribution < -0.4 is 11.5 Å². The van der Waals surface area contributed by atoms with Gasteiger partial charge in [0.1, 0.15) is 5.54 Å². The summed E-state index contributed by atoms with van der Waals surface area (Å²) in [6.45, 7) is 1.59. The summed E-state index contributed by atoms with van der Waals surface area (Å²) in [6, 6.07) is 16.6. The number of carbonyl (C=O) groups excluding carboxylic acids is 3. The van der Waals surface area contributed by atoms with Crippen molar-refractivity contribution in [3.05, 3.63) is 72.4 Å². The van der Waals surface area contributed by atoms with Gasteiger partial charge in [0.2, 0.25) is 5.12 Å². The highest BCUT2D eigenvalue weighted by Crippen LogP contribution is 2.37. The summed E-state index contributed by atoms with van der Waals surface area (Å²) in [5.74, 6) is -3.75. The summed E-state index contributed by atoms with van der Waals surface area (Å²) in [5.41, 5.74) is 11.4. The largest absolute Gasteiger partial charge is 0.493 e. The van der Waals surface area contributed by atoms with Crippen molar-refractivity contribution < 1.29 is 32.4 Å². The van der Waals surface area contributed by atoms with Gasteiger partial charge in [-0.05, 0) is 68.1 Å². The third-order valence-corrected chi connectivity index (χ3v) is 7.46. The Morgan fingerprint density at radius 3 is 2.40 bits per heavy atom. The molecule has 8 nitrogen and oxygen atoms in total. The van der Waals surface area contributed by atoms with E-state index in [2.05, 4.69) is 9.82 Å². The minimum Gasteiger partial charge on any atom is -0.330 e. The molecule has 12 heteroatoms. The number of halogens is 3. The van der Waals surface area contributed by atoms with Gasteiger partial charge < -0.3 is 16.3 Å². The molecule has 0 radical (unpaired) electrons. The van der Waals surface area contributed by atoms with Crippen molar-refractivity contribution in [1.82, 2.24) is 10.0 Å². The molecule has 1 amide bonds. The number of para-hydroxylation sites is 1. The Hall–Kier alpha value is -3.48. The van der Waals surface area contributed by atoms with Crippen LogP contribution in [0.25, 0.3) is 10.9 Å². The third kappa shape index (κ3) is 7.58. The molecule has 0 aliphatic heterocycles. The fourth-order valence-electron chi connectivity index (χ4n) is 4.17. The van der Waals surface area contributed by atoms with Gasteiger partial charge in [-0.15, -0.1) is 0 Å². The zero-order chi connectivity index (χ0) is 29.3. The Balaban J connectivity index is 1.98. The number of thioether (sulfide) groups is 1. The average Bonchev–Trinajstić information content (AvgIpc) is 2.95. The number of hydroxylamine groups is 2. The highest BCUT2D eigenvalue weighted by Gasteiger charge is 2.52. The Labute approximate surface area is 234 Å². The van der Waals surface area contributed by atoms with E-state index in [1.54, 1.807) is 36.4 Å². The number of hydrogen-bond donors (Lipinski definition) is 2. The normalized spacial score (nSPS) is 13.8. The summed E-state index contributed by atoms with van der Waals surface area (Å²) in [7, 11) is 0. The molecule has 0 saturated heterocycles. The minimum atomic E-state index is -5.42. The molecule has 2 atom stereocenters. The first-order valence-corrected chi connectivity index (χ1v) is 13.5. The Bertz CT molecular complexity index is 1330. The second-order valence-corrected chi connectivity index (χ2v) is 10.2. The first kappa shape index (κ1) is 31.1. The summed E-state index contributed by atoms with van der Waals surface area (Å²) in [5, 5.41) is 0.278. The number of nitrogens with two attached hydrogens (primary N) is 2. The molecular formula is C28H31F3N4O4S. The number of rotatable bonds is 11. The van der Waals surface area contributed by atoms with E-state index in [4.69, 9.17) is 11.5 Å². The topological polar surface area (TPSA) is 129 Å². The van der Waals surface area contributed by atoms with E-state index >= 15 is 0 Å². The standard InChI is InChI=1S/C28H31F3N4O4S/c1-2-27(15-8-16-32,26(38)40-21-17-20-11-6-7-12-23(20)34-18-21)35(39-25(37)28(29,30)31)24(36)22(33)14-13-19-9-4-3-5-10-19/h3-7,9-12,17-18,22H,2,8,13-16,32-33H2,1H3/t22-,27-/m0/s1. The van der Waals surface area contributed by atoms with Gasteiger partial charge in [-0.3, -0.25) is 14.6 Å². The van der Waals surface area contributed by atoms with Gasteiger partial charge in [0.25, 0.3) is 5.91 Å². The van der Waals surface area contributed by atoms with Crippen molar-refractivity contribution in [3.8, 4) is 0 Å². The van der Waals surface area contributed by atoms with Crippen LogP contribution in [-0.2, 0) is 25.6 Å². The molecule has 1 heterocycles. The van der Waals surface area contributed by atoms with Gasteiger partial charge in [-0.2, -0.15) is 18.2 Å². The number of nitrogens with zero attached hydrogens (tertiary/aromatic N) is 2. The second-order valence-electron chi connectivity index (χ2n) is 9.17. The minimum absolute atomic E-state index is 0.0372. The highest BCUT2D eigenvalue weighted by atomic mass is 32.2. The second kappa shape index (κ2) is 13.7. The van der Waals surface area contributed by atoms with E-state index in [1.807, 2.05) is 24.3 Å². The van der Waals surface area contributed by atoms with E-state index < -0.39 is 34.7 Å². The molecule has 0 aliphatic rings. The van der Waals surface area contributed by atoms with Gasteiger partial charge in [-0.25, -0.2) is 4.79 Å². The van der Waals surface area contributed by atoms with E-state index in [0.717, 1.165) is 10.9 Å². The monoisotopic (exact) mass is 576 g/mol. The van der Waals surface area contributed by atoms with Crippen LogP contribution in [0.1, 0.15) is 38.2 Å². The molecule has 0 bridgehead atoms. The van der Waals surface area contributed by atoms with E-state index in [0.29, 0.717) is 28.6 Å². The number of aromatic nitrogens is 1. The fraction of sp³-hybridized carbons (Fsp3) is 0.357. The SMILES string of the molecule is CC[C@](CCCN)(C(=O)Sc1cnc2ccccc2c1)N(OC(=O)C(F)(F)F)C(=O)[C@@H](N)CCc1ccccc1. The molecular weight excluding hydrogens is 545 g/mol. The van der Waals surface area contributed by atoms with Crippen molar-refractivity contribution in [2.24, 2.45) is 11.5 Å². The molecule has 0 spiro atoms. The number of carbonyl (C=O) groups is 3. The van der Waals surface area contributed by atoms with Crippen molar-refractivity contribution in [2.75, 3.05) is 6.54 Å². The number of alkyl halides is 3. The van der Waals surface area contributed by atoms with Crippen LogP contribution in [0.3, 0.4) is 0 Å². The van der Waals surface area contributed by atoms with E-state index in [9.17, 15) is 27.6 Å². The lowest BCUT2D eigenvalue weighted by Crippen LogP contribution is -2.61. The number of pyridine rings is 1. The third-order valence-electron chi connectivity index (χ3n) is 6.43. The molecule has 0 aliphatic carbocycles. The van der Waals surface area contributed by atoms with Gasteiger partial charge in [-0.1, -0.05) is 55.5 Å². The van der Waals surface area contributed by atoms with Crippen LogP contribution in [0.4, 0.5) is 13.2 Å². The number of fused-ring (bicyclic) bond motifs is 1. The number of hydrogen-bond acceptors (Lipinski definition) is 8. The van der Waals surface area contributed by atoms with Gasteiger partial charge in [0.15, 0.2) is 0 Å². The molecule has 0 unspecified atom stereocenters. The van der Waals surface area contributed by atoms with Gasteiger partial charge >= 0.3 is 12.1 Å². The Kier molecular flexibility index (Phi) is 10.7. The molecule has 214 valence electrons. The fourth-order valence-corrected chi connectivity index (χ4v) is 5.20. The van der Waals surface area contributed by atoms with E-state index in [1.165, 1.54) is 13.1 Å². The Morgan fingerprint density at radius 2 is 1.75 bits per heavy atom. The molecule has 0 fully saturated rings. The first-order chi connectivity index (χ1) is 19.0. The zero-order valence-corrected chi connectivity index (χ0v) is 22.7. The summed E-state index contributed by atoms with van der Waals surface area (Å²) >= 11 is 0.693. The predicted octanol–water partition coefficient (Wildman–Crippen LogP) is 4.55. The molecule has 1 aromatic heterocycles. The Morgan fingerprint density at radius 1 is 1.07 bits per heavy atom. The van der Waals surface area contributed by atoms with Crippen LogP contribution in [0.15, 0.2) is 71.8 Å². The smallest absolute Gasteiger partial charge is 0.330 e. The van der Waals surface area contributed by atoms with Crippen molar-refractivity contribution >= 4 is 39.7 Å². The quantitative estimate of drug-likeness (QED) is 0.251. The number of amides is 1. The maximum atomic E-state index is 13.9. The average molecular weight is 577 g/mol. The van der Waals surface area contributed by atoms with Crippen molar-refractivity contribution in [1.29, 1.82) is 0 Å². The molecule has 2 aromatic carbocycles. The van der Waals surface area contributed by atoms with Crippen LogP contribution in [-0.4, -0.2) is 51.3 Å². The van der Waals surface area contributed by atoms with E-state index in [-0.39, 0.29) is 37.3 Å². The summed E-state index contributed by atoms with van der Waals surface area (Å²) in [6.07, 6.45) is -3.76. The van der Waals surface area contributed by atoms with Gasteiger partial charge in [0.05, 0.1) is 11.6 Å². The van der Waals surface area contributed by atoms with Gasteiger partial charge in [0, 0.05) is 16.5 Å². The molecule has 3 rings (SSSR count). The van der Waals surface area contributed by atoms with Crippen LogP contribution >= 0.6 is 11.8 Å². The molecule has 0 saturated carbocycles. The maximum absolute atomic E-state index is 13.9. The lowest BCUT2D eigenvalue weighted by Gasteiger charge is -2.40. The molecule has 3 aromatic rings. The van der Waals surface area contributed by atoms with Crippen molar-refractivity contribution in [2.45, 2.75) is 61.7 Å².